The molecule has 3 aliphatic rings. The molecule has 3 atom stereocenters. The first-order valence-corrected chi connectivity index (χ1v) is 17.6. The molecule has 0 bridgehead atoms. The average molecular weight is 553 g/mol. The summed E-state index contributed by atoms with van der Waals surface area (Å²) in [5.74, 6) is 8.99. The first kappa shape index (κ1) is 27.8. The predicted molar refractivity (Wildman–Crippen MR) is 154 cm³/mol. The molecule has 3 fully saturated rings. The second-order valence-corrected chi connectivity index (χ2v) is 14.8. The molecule has 182 valence electrons. The Labute approximate surface area is 220 Å². The van der Waals surface area contributed by atoms with Crippen molar-refractivity contribution in [2.45, 2.75) is 35.3 Å². The fraction of sp³-hybridized carbons (Fsp3) is 0.739. The lowest BCUT2D eigenvalue weighted by atomic mass is 10.0. The smallest absolute Gasteiger partial charge is 0.116 e. The Morgan fingerprint density at radius 2 is 1.09 bits per heavy atom. The topological polar surface area (TPSA) is 27.7 Å². The van der Waals surface area contributed by atoms with Crippen LogP contribution in [0.1, 0.15) is 13.3 Å². The van der Waals surface area contributed by atoms with E-state index in [4.69, 9.17) is 14.2 Å². The third-order valence-electron chi connectivity index (χ3n) is 5.19. The minimum absolute atomic E-state index is 0.137. The van der Waals surface area contributed by atoms with Gasteiger partial charge < -0.3 is 14.2 Å². The van der Waals surface area contributed by atoms with Crippen molar-refractivity contribution >= 4 is 70.6 Å². The maximum atomic E-state index is 6.83. The van der Waals surface area contributed by atoms with Crippen LogP contribution in [0.4, 0.5) is 0 Å². The van der Waals surface area contributed by atoms with Crippen LogP contribution in [0.25, 0.3) is 0 Å². The standard InChI is InChI=1S/C23H36O3S6/c1-5-23(26-22-14-29-8-19(4)11-32-22,15-24-20-12-27-6-17(2)9-30-20)16-25-21-13-28-7-18(3)10-31-21/h20-22H,2-16H2,1H3. The second-order valence-electron chi connectivity index (χ2n) is 8.29. The molecule has 0 amide bonds. The van der Waals surface area contributed by atoms with E-state index < -0.39 is 5.60 Å². The molecule has 3 unspecified atom stereocenters. The van der Waals surface area contributed by atoms with Gasteiger partial charge in [0.15, 0.2) is 0 Å². The van der Waals surface area contributed by atoms with Crippen LogP contribution in [-0.4, -0.2) is 86.9 Å². The van der Waals surface area contributed by atoms with Crippen LogP contribution < -0.4 is 0 Å². The first-order valence-electron chi connectivity index (χ1n) is 11.0. The molecule has 3 rings (SSSR count). The van der Waals surface area contributed by atoms with Crippen LogP contribution >= 0.6 is 70.6 Å². The zero-order valence-corrected chi connectivity index (χ0v) is 23.9. The van der Waals surface area contributed by atoms with Gasteiger partial charge in [0.2, 0.25) is 0 Å². The summed E-state index contributed by atoms with van der Waals surface area (Å²) in [6.45, 7) is 15.8. The third-order valence-corrected chi connectivity index (χ3v) is 13.0. The largest absolute Gasteiger partial charge is 0.364 e. The molecule has 0 aromatic heterocycles. The highest BCUT2D eigenvalue weighted by Gasteiger charge is 2.36. The minimum atomic E-state index is -0.438. The van der Waals surface area contributed by atoms with E-state index in [0.717, 1.165) is 58.2 Å². The lowest BCUT2D eigenvalue weighted by Gasteiger charge is -2.37. The second kappa shape index (κ2) is 14.7. The Hall–Kier alpha value is 1.20. The Morgan fingerprint density at radius 3 is 1.53 bits per heavy atom. The van der Waals surface area contributed by atoms with Crippen LogP contribution in [0.3, 0.4) is 0 Å². The van der Waals surface area contributed by atoms with Gasteiger partial charge in [-0.25, -0.2) is 0 Å². The minimum Gasteiger partial charge on any atom is -0.364 e. The van der Waals surface area contributed by atoms with Crippen molar-refractivity contribution in [3.63, 3.8) is 0 Å². The van der Waals surface area contributed by atoms with Crippen molar-refractivity contribution in [1.82, 2.24) is 0 Å². The quantitative estimate of drug-likeness (QED) is 0.307. The summed E-state index contributed by atoms with van der Waals surface area (Å²) >= 11 is 11.4. The van der Waals surface area contributed by atoms with Crippen molar-refractivity contribution in [3.05, 3.63) is 36.5 Å². The molecular formula is C23H36O3S6. The van der Waals surface area contributed by atoms with Crippen molar-refractivity contribution in [1.29, 1.82) is 0 Å². The van der Waals surface area contributed by atoms with Crippen LogP contribution in [-0.2, 0) is 14.2 Å². The SMILES string of the molecule is C=C1CSCC(OCC(CC)(COC2CSCC(=C)CS2)OC2CSCC(=C)CS2)SC1. The fourth-order valence-electron chi connectivity index (χ4n) is 3.23. The van der Waals surface area contributed by atoms with Crippen molar-refractivity contribution < 1.29 is 14.2 Å². The molecule has 0 spiro atoms. The zero-order chi connectivity index (χ0) is 22.8. The van der Waals surface area contributed by atoms with Crippen molar-refractivity contribution in [2.24, 2.45) is 0 Å². The van der Waals surface area contributed by atoms with Crippen molar-refractivity contribution in [3.8, 4) is 0 Å². The van der Waals surface area contributed by atoms with Gasteiger partial charge in [0, 0.05) is 51.8 Å². The summed E-state index contributed by atoms with van der Waals surface area (Å²) in [4.78, 5) is 0. The summed E-state index contributed by atoms with van der Waals surface area (Å²) < 4.78 is 19.8. The normalized spacial score (nSPS) is 30.3. The molecule has 9 heteroatoms. The Balaban J connectivity index is 1.63. The number of hydrogen-bond acceptors (Lipinski definition) is 9. The van der Waals surface area contributed by atoms with E-state index in [0.29, 0.717) is 13.2 Å². The van der Waals surface area contributed by atoms with Crippen molar-refractivity contribution in [2.75, 3.05) is 65.0 Å². The molecule has 3 heterocycles. The van der Waals surface area contributed by atoms with Gasteiger partial charge >= 0.3 is 0 Å². The van der Waals surface area contributed by atoms with Gasteiger partial charge in [0.25, 0.3) is 0 Å². The molecule has 0 radical (unpaired) electrons. The molecule has 0 aliphatic carbocycles. The molecule has 0 N–H and O–H groups in total. The lowest BCUT2D eigenvalue weighted by Crippen LogP contribution is -2.46. The molecule has 3 aliphatic heterocycles. The van der Waals surface area contributed by atoms with Crippen LogP contribution in [0.2, 0.25) is 0 Å². The maximum Gasteiger partial charge on any atom is 0.116 e. The molecule has 32 heavy (non-hydrogen) atoms. The van der Waals surface area contributed by atoms with Gasteiger partial charge in [0.05, 0.1) is 13.2 Å². The van der Waals surface area contributed by atoms with E-state index >= 15 is 0 Å². The Bertz CT molecular complexity index is 609. The summed E-state index contributed by atoms with van der Waals surface area (Å²) in [5, 5.41) is 0. The maximum absolute atomic E-state index is 6.83. The average Bonchev–Trinajstić information content (AvgIpc) is 3.22. The van der Waals surface area contributed by atoms with E-state index in [1.807, 2.05) is 70.6 Å². The van der Waals surface area contributed by atoms with Crippen LogP contribution in [0, 0.1) is 0 Å². The van der Waals surface area contributed by atoms with E-state index in [-0.39, 0.29) is 16.3 Å². The highest BCUT2D eigenvalue weighted by molar-refractivity contribution is 8.05. The molecule has 3 saturated heterocycles. The number of ether oxygens (including phenoxy) is 3. The summed E-state index contributed by atoms with van der Waals surface area (Å²) in [7, 11) is 0. The predicted octanol–water partition coefficient (Wildman–Crippen LogP) is 6.27. The van der Waals surface area contributed by atoms with Gasteiger partial charge in [-0.1, -0.05) is 43.4 Å². The van der Waals surface area contributed by atoms with E-state index in [2.05, 4.69) is 26.7 Å². The van der Waals surface area contributed by atoms with Gasteiger partial charge in [-0.15, -0.1) is 35.3 Å². The van der Waals surface area contributed by atoms with E-state index in [1.54, 1.807) is 0 Å². The monoisotopic (exact) mass is 552 g/mol. The van der Waals surface area contributed by atoms with Crippen LogP contribution in [0.15, 0.2) is 36.5 Å². The fourth-order valence-corrected chi connectivity index (χ4v) is 10.2. The Kier molecular flexibility index (Phi) is 12.7. The summed E-state index contributed by atoms with van der Waals surface area (Å²) in [6.07, 6.45) is 0.865. The lowest BCUT2D eigenvalue weighted by molar-refractivity contribution is -0.144. The van der Waals surface area contributed by atoms with Gasteiger partial charge in [-0.05, 0) is 6.42 Å². The van der Waals surface area contributed by atoms with Crippen LogP contribution in [0.5, 0.6) is 0 Å². The summed E-state index contributed by atoms with van der Waals surface area (Å²) in [6, 6.07) is 0. The molecule has 3 nitrogen and oxygen atoms in total. The van der Waals surface area contributed by atoms with E-state index in [9.17, 15) is 0 Å². The molecule has 0 aromatic carbocycles. The van der Waals surface area contributed by atoms with Gasteiger partial charge in [0.1, 0.15) is 21.9 Å². The number of rotatable bonds is 9. The van der Waals surface area contributed by atoms with E-state index in [1.165, 1.54) is 16.7 Å². The molecular weight excluding hydrogens is 517 g/mol. The highest BCUT2D eigenvalue weighted by atomic mass is 32.2. The first-order chi connectivity index (χ1) is 15.5. The zero-order valence-electron chi connectivity index (χ0n) is 19.0. The van der Waals surface area contributed by atoms with Gasteiger partial charge in [-0.3, -0.25) is 0 Å². The third kappa shape index (κ3) is 9.69. The highest BCUT2D eigenvalue weighted by Crippen LogP contribution is 2.35. The summed E-state index contributed by atoms with van der Waals surface area (Å²) in [5.41, 5.74) is 3.94. The Morgan fingerprint density at radius 1 is 0.688 bits per heavy atom. The van der Waals surface area contributed by atoms with Gasteiger partial charge in [-0.2, -0.15) is 35.3 Å². The molecule has 0 saturated carbocycles. The number of thioether (sulfide) groups is 6. The number of hydrogen-bond donors (Lipinski definition) is 0. The molecule has 0 aromatic rings.